The third-order valence-electron chi connectivity index (χ3n) is 2.17. The number of carbonyl (C=O) groups excluding carboxylic acids is 2. The van der Waals surface area contributed by atoms with Gasteiger partial charge in [-0.1, -0.05) is 0 Å². The van der Waals surface area contributed by atoms with Gasteiger partial charge in [-0.05, 0) is 20.1 Å². The molecule has 1 aromatic heterocycles. The lowest BCUT2D eigenvalue weighted by molar-refractivity contribution is 0.0516. The summed E-state index contributed by atoms with van der Waals surface area (Å²) in [5.41, 5.74) is 6.14. The van der Waals surface area contributed by atoms with E-state index in [1.165, 1.54) is 11.8 Å². The summed E-state index contributed by atoms with van der Waals surface area (Å²) in [7, 11) is 0. The molecule has 3 N–H and O–H groups in total. The zero-order valence-corrected chi connectivity index (χ0v) is 11.3. The van der Waals surface area contributed by atoms with Crippen molar-refractivity contribution in [3.8, 4) is 0 Å². The molecule has 0 aromatic carbocycles. The molecule has 7 heteroatoms. The number of nitrogens with one attached hydrogen (secondary N) is 1. The number of nitrogen functional groups attached to an aromatic ring is 1. The zero-order valence-electron chi connectivity index (χ0n) is 10.5. The fraction of sp³-hybridized carbons (Fsp3) is 0.455. The van der Waals surface area contributed by atoms with Crippen LogP contribution in [0.5, 0.6) is 0 Å². The molecule has 0 radical (unpaired) electrons. The third-order valence-corrected chi connectivity index (χ3v) is 2.88. The first-order chi connectivity index (χ1) is 8.56. The molecule has 0 atom stereocenters. The molecule has 0 saturated carbocycles. The Balaban J connectivity index is 3.18. The van der Waals surface area contributed by atoms with E-state index in [4.69, 9.17) is 15.2 Å². The van der Waals surface area contributed by atoms with Crippen LogP contribution in [0.4, 0.5) is 5.69 Å². The van der Waals surface area contributed by atoms with E-state index in [9.17, 15) is 9.59 Å². The SMILES string of the molecule is CCOC(=O)c1[nH]c(SC)c(C(=O)OCC)c1N. The molecule has 0 aliphatic carbocycles. The number of anilines is 1. The number of rotatable bonds is 5. The molecule has 0 amide bonds. The highest BCUT2D eigenvalue weighted by molar-refractivity contribution is 7.98. The second kappa shape index (κ2) is 6.34. The lowest BCUT2D eigenvalue weighted by Gasteiger charge is -2.03. The van der Waals surface area contributed by atoms with Gasteiger partial charge in [-0.2, -0.15) is 0 Å². The maximum Gasteiger partial charge on any atom is 0.356 e. The number of hydrogen-bond acceptors (Lipinski definition) is 6. The van der Waals surface area contributed by atoms with Crippen LogP contribution in [0.15, 0.2) is 5.03 Å². The fourth-order valence-electron chi connectivity index (χ4n) is 1.41. The molecule has 100 valence electrons. The summed E-state index contributed by atoms with van der Waals surface area (Å²) in [4.78, 5) is 26.2. The summed E-state index contributed by atoms with van der Waals surface area (Å²) >= 11 is 1.28. The third kappa shape index (κ3) is 2.79. The highest BCUT2D eigenvalue weighted by Crippen LogP contribution is 2.29. The summed E-state index contributed by atoms with van der Waals surface area (Å²) < 4.78 is 9.75. The molecule has 18 heavy (non-hydrogen) atoms. The van der Waals surface area contributed by atoms with E-state index < -0.39 is 11.9 Å². The van der Waals surface area contributed by atoms with E-state index >= 15 is 0 Å². The molecule has 1 rings (SSSR count). The van der Waals surface area contributed by atoms with Crippen molar-refractivity contribution >= 4 is 29.4 Å². The Morgan fingerprint density at radius 2 is 1.78 bits per heavy atom. The van der Waals surface area contributed by atoms with Crippen molar-refractivity contribution in [3.05, 3.63) is 11.3 Å². The summed E-state index contributed by atoms with van der Waals surface area (Å²) in [6.45, 7) is 3.87. The number of ether oxygens (including phenoxy) is 2. The number of thioether (sulfide) groups is 1. The smallest absolute Gasteiger partial charge is 0.356 e. The summed E-state index contributed by atoms with van der Waals surface area (Å²) in [5, 5.41) is 0.494. The van der Waals surface area contributed by atoms with Crippen LogP contribution < -0.4 is 5.73 Å². The fourth-order valence-corrected chi connectivity index (χ4v) is 2.02. The standard InChI is InChI=1S/C11H16N2O4S/c1-4-16-10(14)6-7(12)8(11(15)17-5-2)13-9(6)18-3/h13H,4-5,12H2,1-3H3. The first kappa shape index (κ1) is 14.4. The minimum absolute atomic E-state index is 0.0660. The number of nitrogens with two attached hydrogens (primary N) is 1. The van der Waals surface area contributed by atoms with E-state index in [2.05, 4.69) is 4.98 Å². The zero-order chi connectivity index (χ0) is 13.7. The van der Waals surface area contributed by atoms with Crippen molar-refractivity contribution in [1.82, 2.24) is 4.98 Å². The molecule has 0 unspecified atom stereocenters. The molecule has 1 heterocycles. The van der Waals surface area contributed by atoms with Gasteiger partial charge in [0.25, 0.3) is 0 Å². The van der Waals surface area contributed by atoms with Crippen LogP contribution in [-0.2, 0) is 9.47 Å². The van der Waals surface area contributed by atoms with E-state index in [0.29, 0.717) is 5.03 Å². The van der Waals surface area contributed by atoms with Crippen molar-refractivity contribution in [2.24, 2.45) is 0 Å². The van der Waals surface area contributed by atoms with Crippen molar-refractivity contribution in [2.75, 3.05) is 25.2 Å². The normalized spacial score (nSPS) is 10.2. The van der Waals surface area contributed by atoms with E-state index in [-0.39, 0.29) is 30.2 Å². The predicted molar refractivity (Wildman–Crippen MR) is 68.9 cm³/mol. The van der Waals surface area contributed by atoms with Crippen molar-refractivity contribution in [2.45, 2.75) is 18.9 Å². The minimum Gasteiger partial charge on any atom is -0.462 e. The van der Waals surface area contributed by atoms with E-state index in [0.717, 1.165) is 0 Å². The van der Waals surface area contributed by atoms with Gasteiger partial charge in [-0.25, -0.2) is 9.59 Å². The van der Waals surface area contributed by atoms with Gasteiger partial charge in [-0.3, -0.25) is 0 Å². The minimum atomic E-state index is -0.583. The molecule has 1 aromatic rings. The van der Waals surface area contributed by atoms with Crippen molar-refractivity contribution in [3.63, 3.8) is 0 Å². The molecule has 6 nitrogen and oxygen atoms in total. The van der Waals surface area contributed by atoms with E-state index in [1.807, 2.05) is 0 Å². The van der Waals surface area contributed by atoms with Crippen LogP contribution in [0.3, 0.4) is 0 Å². The maximum atomic E-state index is 11.8. The van der Waals surface area contributed by atoms with Crippen molar-refractivity contribution in [1.29, 1.82) is 0 Å². The van der Waals surface area contributed by atoms with Gasteiger partial charge in [0.2, 0.25) is 0 Å². The number of carbonyl (C=O) groups is 2. The van der Waals surface area contributed by atoms with Gasteiger partial charge in [0, 0.05) is 0 Å². The quantitative estimate of drug-likeness (QED) is 0.625. The topological polar surface area (TPSA) is 94.4 Å². The molecular formula is C11H16N2O4S. The van der Waals surface area contributed by atoms with Crippen LogP contribution >= 0.6 is 11.8 Å². The van der Waals surface area contributed by atoms with Crippen LogP contribution in [0.1, 0.15) is 34.7 Å². The summed E-state index contributed by atoms with van der Waals surface area (Å²) in [5.74, 6) is -1.13. The maximum absolute atomic E-state index is 11.8. The number of H-pyrrole nitrogens is 1. The molecule has 0 fully saturated rings. The summed E-state index contributed by atoms with van der Waals surface area (Å²) in [6, 6.07) is 0. The number of hydrogen-bond donors (Lipinski definition) is 2. The van der Waals surface area contributed by atoms with Gasteiger partial charge in [-0.15, -0.1) is 11.8 Å². The van der Waals surface area contributed by atoms with Gasteiger partial charge in [0.1, 0.15) is 11.3 Å². The number of aromatic amines is 1. The van der Waals surface area contributed by atoms with E-state index in [1.54, 1.807) is 20.1 Å². The highest BCUT2D eigenvalue weighted by atomic mass is 32.2. The Kier molecular flexibility index (Phi) is 5.08. The second-order valence-corrected chi connectivity index (χ2v) is 4.08. The molecular weight excluding hydrogens is 256 g/mol. The van der Waals surface area contributed by atoms with Gasteiger partial charge in [0.05, 0.1) is 23.9 Å². The number of esters is 2. The van der Waals surface area contributed by atoms with Crippen LogP contribution in [0.2, 0.25) is 0 Å². The average molecular weight is 272 g/mol. The average Bonchev–Trinajstić information content (AvgIpc) is 2.67. The van der Waals surface area contributed by atoms with Gasteiger partial charge >= 0.3 is 11.9 Å². The molecule has 0 aliphatic rings. The Bertz CT molecular complexity index is 456. The Morgan fingerprint density at radius 3 is 2.28 bits per heavy atom. The molecule has 0 bridgehead atoms. The van der Waals surface area contributed by atoms with Crippen LogP contribution in [0, 0.1) is 0 Å². The van der Waals surface area contributed by atoms with Crippen LogP contribution in [-0.4, -0.2) is 36.4 Å². The lowest BCUT2D eigenvalue weighted by atomic mass is 10.2. The Morgan fingerprint density at radius 1 is 1.22 bits per heavy atom. The largest absolute Gasteiger partial charge is 0.462 e. The first-order valence-corrected chi connectivity index (χ1v) is 6.68. The van der Waals surface area contributed by atoms with Crippen molar-refractivity contribution < 1.29 is 19.1 Å². The lowest BCUT2D eigenvalue weighted by Crippen LogP contribution is -2.10. The number of aromatic nitrogens is 1. The first-order valence-electron chi connectivity index (χ1n) is 5.46. The summed E-state index contributed by atoms with van der Waals surface area (Å²) in [6.07, 6.45) is 1.77. The predicted octanol–water partition coefficient (Wildman–Crippen LogP) is 1.67. The Hall–Kier alpha value is -1.63. The van der Waals surface area contributed by atoms with Gasteiger partial charge < -0.3 is 20.2 Å². The Labute approximate surface area is 109 Å². The second-order valence-electron chi connectivity index (χ2n) is 3.26. The highest BCUT2D eigenvalue weighted by Gasteiger charge is 2.26. The monoisotopic (exact) mass is 272 g/mol. The molecule has 0 saturated heterocycles. The van der Waals surface area contributed by atoms with Crippen LogP contribution in [0.25, 0.3) is 0 Å². The molecule has 0 aliphatic heterocycles. The molecule has 0 spiro atoms. The van der Waals surface area contributed by atoms with Gasteiger partial charge in [0.15, 0.2) is 0 Å².